The lowest BCUT2D eigenvalue weighted by Crippen LogP contribution is -2.37. The second-order valence-corrected chi connectivity index (χ2v) is 8.11. The average molecular weight is 411 g/mol. The number of piperidine rings is 1. The van der Waals surface area contributed by atoms with E-state index in [-0.39, 0.29) is 24.4 Å². The van der Waals surface area contributed by atoms with Gasteiger partial charge in [-0.2, -0.15) is 5.10 Å². The number of carbonyl (C=O) groups is 1. The Balaban J connectivity index is 0.00000210. The fourth-order valence-corrected chi connectivity index (χ4v) is 4.44. The number of amides is 1. The molecule has 2 saturated heterocycles. The largest absolute Gasteiger partial charge is 0.376 e. The normalized spacial score (nSPS) is 22.4. The Morgan fingerprint density at radius 1 is 1.37 bits per heavy atom. The first-order valence-electron chi connectivity index (χ1n) is 9.49. The molecule has 0 bridgehead atoms. The van der Waals surface area contributed by atoms with Crippen molar-refractivity contribution < 1.29 is 9.53 Å². The van der Waals surface area contributed by atoms with Crippen LogP contribution in [-0.4, -0.2) is 52.9 Å². The Kier molecular flexibility index (Phi) is 7.29. The first kappa shape index (κ1) is 20.3. The quantitative estimate of drug-likeness (QED) is 0.794. The number of ether oxygens (including phenoxy) is 1. The van der Waals surface area contributed by atoms with Crippen molar-refractivity contribution in [2.75, 3.05) is 26.2 Å². The van der Waals surface area contributed by atoms with E-state index in [1.54, 1.807) is 11.3 Å². The molecule has 0 aliphatic carbocycles. The molecule has 1 N–H and O–H groups in total. The Bertz CT molecular complexity index is 709. The number of thiophene rings is 1. The summed E-state index contributed by atoms with van der Waals surface area (Å²) in [7, 11) is 0. The molecule has 8 heteroatoms. The molecule has 0 aromatic carbocycles. The van der Waals surface area contributed by atoms with Gasteiger partial charge in [-0.3, -0.25) is 9.48 Å². The van der Waals surface area contributed by atoms with Gasteiger partial charge >= 0.3 is 0 Å². The van der Waals surface area contributed by atoms with Gasteiger partial charge in [-0.15, -0.1) is 23.7 Å². The van der Waals surface area contributed by atoms with Crippen molar-refractivity contribution in [3.63, 3.8) is 0 Å². The number of hydrogen-bond acceptors (Lipinski definition) is 5. The van der Waals surface area contributed by atoms with Gasteiger partial charge in [0.15, 0.2) is 0 Å². The van der Waals surface area contributed by atoms with Crippen molar-refractivity contribution >= 4 is 29.7 Å². The molecular formula is C19H27ClN4O2S. The van der Waals surface area contributed by atoms with Crippen LogP contribution in [-0.2, 0) is 11.3 Å². The summed E-state index contributed by atoms with van der Waals surface area (Å²) in [5.74, 6) is -0.00332. The van der Waals surface area contributed by atoms with Crippen LogP contribution in [0.1, 0.15) is 47.1 Å². The predicted molar refractivity (Wildman–Crippen MR) is 109 cm³/mol. The van der Waals surface area contributed by atoms with E-state index in [0.717, 1.165) is 45.4 Å². The Morgan fingerprint density at radius 3 is 3.00 bits per heavy atom. The smallest absolute Gasteiger partial charge is 0.274 e. The van der Waals surface area contributed by atoms with Crippen LogP contribution in [0.5, 0.6) is 0 Å². The first-order valence-corrected chi connectivity index (χ1v) is 10.4. The van der Waals surface area contributed by atoms with Crippen LogP contribution >= 0.6 is 23.7 Å². The third-order valence-electron chi connectivity index (χ3n) is 5.13. The van der Waals surface area contributed by atoms with Crippen LogP contribution in [0.4, 0.5) is 0 Å². The molecule has 2 unspecified atom stereocenters. The molecule has 2 aliphatic heterocycles. The summed E-state index contributed by atoms with van der Waals surface area (Å²) >= 11 is 1.68. The number of nitrogens with zero attached hydrogens (tertiary/aromatic N) is 3. The van der Waals surface area contributed by atoms with Crippen molar-refractivity contribution in [2.24, 2.45) is 0 Å². The number of aromatic nitrogens is 2. The van der Waals surface area contributed by atoms with Gasteiger partial charge in [0.25, 0.3) is 5.91 Å². The fourth-order valence-electron chi connectivity index (χ4n) is 3.72. The van der Waals surface area contributed by atoms with Crippen molar-refractivity contribution in [2.45, 2.75) is 44.4 Å². The molecule has 2 aromatic heterocycles. The molecule has 0 spiro atoms. The highest BCUT2D eigenvalue weighted by molar-refractivity contribution is 7.09. The van der Waals surface area contributed by atoms with Gasteiger partial charge in [0, 0.05) is 30.8 Å². The molecule has 0 radical (unpaired) electrons. The number of carbonyl (C=O) groups excluding carboxylic acids is 1. The standard InChI is InChI=1S/C19H26N4O2S.ClH/c24-19(18-7-9-23(21-18)15-4-1-8-20-12-15)22(13-16-5-2-10-25-16)14-17-6-3-11-26-17;/h3,6-7,9,11,15-16,20H,1-2,4-5,8,10,12-14H2;1H. The van der Waals surface area contributed by atoms with Gasteiger partial charge in [-0.1, -0.05) is 6.07 Å². The maximum Gasteiger partial charge on any atom is 0.274 e. The van der Waals surface area contributed by atoms with E-state index in [0.29, 0.717) is 24.8 Å². The highest BCUT2D eigenvalue weighted by atomic mass is 35.5. The summed E-state index contributed by atoms with van der Waals surface area (Å²) in [6.07, 6.45) is 6.45. The number of hydrogen-bond donors (Lipinski definition) is 1. The number of halogens is 1. The Hall–Kier alpha value is -1.41. The summed E-state index contributed by atoms with van der Waals surface area (Å²) in [6.45, 7) is 4.04. The van der Waals surface area contributed by atoms with E-state index in [9.17, 15) is 4.79 Å². The van der Waals surface area contributed by atoms with Crippen LogP contribution in [0.2, 0.25) is 0 Å². The van der Waals surface area contributed by atoms with Gasteiger partial charge < -0.3 is 15.0 Å². The summed E-state index contributed by atoms with van der Waals surface area (Å²) in [5, 5.41) is 10.1. The zero-order valence-electron chi connectivity index (χ0n) is 15.4. The number of rotatable bonds is 6. The van der Waals surface area contributed by atoms with Crippen molar-refractivity contribution in [1.82, 2.24) is 20.0 Å². The highest BCUT2D eigenvalue weighted by Gasteiger charge is 2.26. The topological polar surface area (TPSA) is 59.4 Å². The minimum absolute atomic E-state index is 0. The highest BCUT2D eigenvalue weighted by Crippen LogP contribution is 2.20. The zero-order valence-corrected chi connectivity index (χ0v) is 17.0. The molecule has 1 amide bonds. The van der Waals surface area contributed by atoms with Crippen LogP contribution in [0.15, 0.2) is 29.8 Å². The molecule has 2 fully saturated rings. The molecule has 2 aromatic rings. The van der Waals surface area contributed by atoms with E-state index >= 15 is 0 Å². The minimum Gasteiger partial charge on any atom is -0.376 e. The average Bonchev–Trinajstić information content (AvgIpc) is 3.44. The van der Waals surface area contributed by atoms with Gasteiger partial charge in [-0.25, -0.2) is 0 Å². The van der Waals surface area contributed by atoms with Crippen molar-refractivity contribution in [3.8, 4) is 0 Å². The summed E-state index contributed by atoms with van der Waals surface area (Å²) in [4.78, 5) is 16.2. The van der Waals surface area contributed by atoms with E-state index in [1.165, 1.54) is 4.88 Å². The van der Waals surface area contributed by atoms with E-state index < -0.39 is 0 Å². The summed E-state index contributed by atoms with van der Waals surface area (Å²) in [6, 6.07) is 6.30. The van der Waals surface area contributed by atoms with Crippen LogP contribution < -0.4 is 5.32 Å². The summed E-state index contributed by atoms with van der Waals surface area (Å²) in [5.41, 5.74) is 0.533. The number of nitrogens with one attached hydrogen (secondary N) is 1. The second kappa shape index (κ2) is 9.68. The first-order chi connectivity index (χ1) is 12.8. The predicted octanol–water partition coefficient (Wildman–Crippen LogP) is 3.11. The van der Waals surface area contributed by atoms with E-state index in [1.807, 2.05) is 27.9 Å². The Labute approximate surface area is 170 Å². The van der Waals surface area contributed by atoms with Crippen molar-refractivity contribution in [3.05, 3.63) is 40.3 Å². The summed E-state index contributed by atoms with van der Waals surface area (Å²) < 4.78 is 7.72. The second-order valence-electron chi connectivity index (χ2n) is 7.08. The van der Waals surface area contributed by atoms with Gasteiger partial charge in [0.1, 0.15) is 5.69 Å². The van der Waals surface area contributed by atoms with E-state index in [4.69, 9.17) is 4.74 Å². The molecule has 2 aliphatic rings. The molecule has 0 saturated carbocycles. The molecule has 148 valence electrons. The zero-order chi connectivity index (χ0) is 17.8. The molecule has 27 heavy (non-hydrogen) atoms. The molecule has 4 rings (SSSR count). The molecule has 4 heterocycles. The Morgan fingerprint density at radius 2 is 2.30 bits per heavy atom. The SMILES string of the molecule is Cl.O=C(c1ccn(C2CCCNC2)n1)N(Cc1cccs1)CC1CCCO1. The maximum absolute atomic E-state index is 13.1. The van der Waals surface area contributed by atoms with Crippen LogP contribution in [0, 0.1) is 0 Å². The molecule has 6 nitrogen and oxygen atoms in total. The van der Waals surface area contributed by atoms with Gasteiger partial charge in [0.2, 0.25) is 0 Å². The van der Waals surface area contributed by atoms with Gasteiger partial charge in [-0.05, 0) is 49.7 Å². The third-order valence-corrected chi connectivity index (χ3v) is 6.00. The molecular weight excluding hydrogens is 384 g/mol. The lowest BCUT2D eigenvalue weighted by Gasteiger charge is -2.25. The fraction of sp³-hybridized carbons (Fsp3) is 0.579. The lowest BCUT2D eigenvalue weighted by molar-refractivity contribution is 0.0504. The lowest BCUT2D eigenvalue weighted by atomic mass is 10.1. The van der Waals surface area contributed by atoms with Crippen molar-refractivity contribution in [1.29, 1.82) is 0 Å². The van der Waals surface area contributed by atoms with Crippen LogP contribution in [0.3, 0.4) is 0 Å². The minimum atomic E-state index is -0.00332. The van der Waals surface area contributed by atoms with E-state index in [2.05, 4.69) is 21.9 Å². The van der Waals surface area contributed by atoms with Crippen LogP contribution in [0.25, 0.3) is 0 Å². The molecule has 2 atom stereocenters. The van der Waals surface area contributed by atoms with Gasteiger partial charge in [0.05, 0.1) is 18.7 Å². The third kappa shape index (κ3) is 5.10. The monoisotopic (exact) mass is 410 g/mol. The maximum atomic E-state index is 13.1.